The maximum Gasteiger partial charge on any atom is 0.0389 e. The lowest BCUT2D eigenvalue weighted by Crippen LogP contribution is -2.24. The van der Waals surface area contributed by atoms with Crippen molar-refractivity contribution in [3.63, 3.8) is 0 Å². The van der Waals surface area contributed by atoms with Gasteiger partial charge in [0.1, 0.15) is 0 Å². The van der Waals surface area contributed by atoms with Gasteiger partial charge in [0.2, 0.25) is 0 Å². The van der Waals surface area contributed by atoms with Crippen molar-refractivity contribution >= 4 is 11.9 Å². The van der Waals surface area contributed by atoms with Gasteiger partial charge in [0, 0.05) is 36.4 Å². The predicted octanol–water partition coefficient (Wildman–Crippen LogP) is 5.39. The van der Waals surface area contributed by atoms with Crippen LogP contribution in [0, 0.1) is 29.6 Å². The summed E-state index contributed by atoms with van der Waals surface area (Å²) in [5, 5.41) is 0. The Morgan fingerprint density at radius 2 is 2.10 bits per heavy atom. The molecule has 2 aliphatic rings. The monoisotopic (exact) mass is 405 g/mol. The summed E-state index contributed by atoms with van der Waals surface area (Å²) in [6.07, 6.45) is 10.8. The average Bonchev–Trinajstić information content (AvgIpc) is 3.26. The summed E-state index contributed by atoms with van der Waals surface area (Å²) in [7, 11) is 1.81. The largest absolute Gasteiger partial charge is 0.399 e. The van der Waals surface area contributed by atoms with Crippen molar-refractivity contribution in [2.24, 2.45) is 22.7 Å². The number of aryl methyl sites for hydroxylation is 1. The van der Waals surface area contributed by atoms with Crippen LogP contribution >= 0.6 is 0 Å². The van der Waals surface area contributed by atoms with Gasteiger partial charge in [-0.1, -0.05) is 37.1 Å². The molecule has 0 spiro atoms. The van der Waals surface area contributed by atoms with E-state index >= 15 is 0 Å². The number of nitrogen functional groups attached to an aromatic ring is 1. The number of anilines is 1. The lowest BCUT2D eigenvalue weighted by molar-refractivity contribution is 0.257. The number of fused-ring (bicyclic) bond motifs is 1. The number of para-hydroxylation sites is 1. The van der Waals surface area contributed by atoms with Crippen molar-refractivity contribution in [3.05, 3.63) is 55.1 Å². The molecule has 1 aromatic carbocycles. The number of likely N-dealkylation sites (tertiary alicyclic amines) is 1. The highest BCUT2D eigenvalue weighted by atomic mass is 15.4. The first-order valence-corrected chi connectivity index (χ1v) is 11.1. The zero-order chi connectivity index (χ0) is 22.1. The molecule has 1 saturated heterocycles. The Balaban J connectivity index is 0.00000155. The van der Waals surface area contributed by atoms with Crippen molar-refractivity contribution < 1.29 is 0 Å². The topological polar surface area (TPSA) is 41.4 Å². The summed E-state index contributed by atoms with van der Waals surface area (Å²) < 4.78 is 0. The average molecular weight is 406 g/mol. The van der Waals surface area contributed by atoms with Crippen molar-refractivity contribution in [2.45, 2.75) is 58.0 Å². The quantitative estimate of drug-likeness (QED) is 0.207. The Hall–Kier alpha value is -2.31. The van der Waals surface area contributed by atoms with Gasteiger partial charge in [-0.15, -0.1) is 19.1 Å². The first-order chi connectivity index (χ1) is 14.5. The van der Waals surface area contributed by atoms with Crippen molar-refractivity contribution in [2.75, 3.05) is 19.3 Å². The molecule has 6 unspecified atom stereocenters. The Labute approximate surface area is 184 Å². The molecule has 1 aliphatic heterocycles. The van der Waals surface area contributed by atoms with Crippen LogP contribution in [0.1, 0.15) is 45.6 Å². The van der Waals surface area contributed by atoms with Crippen LogP contribution in [-0.2, 0) is 6.42 Å². The molecule has 6 atom stereocenters. The fourth-order valence-electron chi connectivity index (χ4n) is 5.40. The molecule has 1 aliphatic carbocycles. The fraction of sp³-hybridized carbons (Fsp3) is 0.519. The molecule has 1 aromatic rings. The summed E-state index contributed by atoms with van der Waals surface area (Å²) in [4.78, 5) is 6.79. The van der Waals surface area contributed by atoms with E-state index in [-0.39, 0.29) is 0 Å². The van der Waals surface area contributed by atoms with E-state index in [0.29, 0.717) is 17.5 Å². The number of nitrogens with zero attached hydrogens (tertiary/aromatic N) is 2. The third kappa shape index (κ3) is 5.24. The second-order valence-electron chi connectivity index (χ2n) is 8.59. The first-order valence-electron chi connectivity index (χ1n) is 11.1. The predicted molar refractivity (Wildman–Crippen MR) is 132 cm³/mol. The number of hydrogen-bond donors (Lipinski definition) is 1. The normalized spacial score (nSPS) is 30.3. The molecular formula is C27H39N3. The molecule has 30 heavy (non-hydrogen) atoms. The molecule has 0 amide bonds. The van der Waals surface area contributed by atoms with Crippen molar-refractivity contribution in [3.8, 4) is 11.8 Å². The van der Waals surface area contributed by atoms with E-state index in [9.17, 15) is 0 Å². The van der Waals surface area contributed by atoms with Crippen LogP contribution in [0.5, 0.6) is 0 Å². The Kier molecular flexibility index (Phi) is 8.93. The molecule has 0 bridgehead atoms. The molecular weight excluding hydrogens is 366 g/mol. The first kappa shape index (κ1) is 24.0. The van der Waals surface area contributed by atoms with E-state index in [1.165, 1.54) is 24.9 Å². The molecule has 3 heteroatoms. The number of rotatable bonds is 8. The second-order valence-corrected chi connectivity index (χ2v) is 8.59. The van der Waals surface area contributed by atoms with E-state index in [1.807, 2.05) is 31.3 Å². The van der Waals surface area contributed by atoms with Gasteiger partial charge in [0.15, 0.2) is 0 Å². The van der Waals surface area contributed by atoms with Gasteiger partial charge in [-0.3, -0.25) is 9.89 Å². The number of hydrogen-bond acceptors (Lipinski definition) is 3. The van der Waals surface area contributed by atoms with Crippen LogP contribution in [0.3, 0.4) is 0 Å². The lowest BCUT2D eigenvalue weighted by atomic mass is 9.90. The number of benzene rings is 1. The molecule has 2 N–H and O–H groups in total. The molecule has 2 fully saturated rings. The fourth-order valence-corrected chi connectivity index (χ4v) is 5.40. The minimum Gasteiger partial charge on any atom is -0.399 e. The van der Waals surface area contributed by atoms with E-state index < -0.39 is 0 Å². The molecule has 0 aromatic heterocycles. The number of allylic oxidation sites excluding steroid dienone is 2. The highest BCUT2D eigenvalue weighted by Crippen LogP contribution is 2.60. The maximum absolute atomic E-state index is 6.11. The summed E-state index contributed by atoms with van der Waals surface area (Å²) >= 11 is 0. The third-order valence-corrected chi connectivity index (χ3v) is 6.95. The van der Waals surface area contributed by atoms with Gasteiger partial charge in [-0.05, 0) is 75.6 Å². The minimum atomic E-state index is 0.328. The van der Waals surface area contributed by atoms with E-state index in [0.717, 1.165) is 30.4 Å². The van der Waals surface area contributed by atoms with Crippen molar-refractivity contribution in [1.82, 2.24) is 4.90 Å². The van der Waals surface area contributed by atoms with Crippen LogP contribution in [0.25, 0.3) is 0 Å². The number of piperidine rings is 1. The zero-order valence-corrected chi connectivity index (χ0v) is 19.3. The maximum atomic E-state index is 6.11. The minimum absolute atomic E-state index is 0.328. The Morgan fingerprint density at radius 1 is 1.37 bits per heavy atom. The lowest BCUT2D eigenvalue weighted by Gasteiger charge is -2.23. The second kappa shape index (κ2) is 11.2. The number of nitrogens with two attached hydrogens (primary N) is 1. The van der Waals surface area contributed by atoms with Gasteiger partial charge < -0.3 is 5.73 Å². The summed E-state index contributed by atoms with van der Waals surface area (Å²) in [6.45, 7) is 14.0. The van der Waals surface area contributed by atoms with Crippen LogP contribution in [-0.4, -0.2) is 36.3 Å². The summed E-state index contributed by atoms with van der Waals surface area (Å²) in [5.41, 5.74) is 8.69. The molecule has 1 heterocycles. The van der Waals surface area contributed by atoms with Crippen LogP contribution in [0.15, 0.2) is 54.6 Å². The van der Waals surface area contributed by atoms with Gasteiger partial charge in [0.05, 0.1) is 0 Å². The van der Waals surface area contributed by atoms with Gasteiger partial charge in [0.25, 0.3) is 0 Å². The smallest absolute Gasteiger partial charge is 0.0389 e. The van der Waals surface area contributed by atoms with E-state index in [2.05, 4.69) is 66.9 Å². The van der Waals surface area contributed by atoms with Crippen LogP contribution < -0.4 is 5.73 Å². The highest BCUT2D eigenvalue weighted by Gasteiger charge is 2.68. The summed E-state index contributed by atoms with van der Waals surface area (Å²) in [5.74, 6) is 8.32. The third-order valence-electron chi connectivity index (χ3n) is 6.95. The molecule has 3 rings (SSSR count). The molecule has 1 saturated carbocycles. The summed E-state index contributed by atoms with van der Waals surface area (Å²) in [6, 6.07) is 8.98. The van der Waals surface area contributed by atoms with Gasteiger partial charge in [-0.2, -0.15) is 0 Å². The SMILES string of the molecule is C=C.CC#CC(/C=C\C=NC)CC1CC(C)C2(C)C1N2CCCc1ccccc1N. The van der Waals surface area contributed by atoms with Gasteiger partial charge >= 0.3 is 0 Å². The van der Waals surface area contributed by atoms with Crippen LogP contribution in [0.4, 0.5) is 5.69 Å². The Bertz CT molecular complexity index is 800. The Morgan fingerprint density at radius 3 is 2.77 bits per heavy atom. The standard InChI is InChI=1S/C25H35N3.C2H4/c1-5-10-20(11-8-15-27-4)18-22-17-19(2)25(3)24(22)28(25)16-9-13-21-12-6-7-14-23(21)26;1-2/h6-8,11-12,14-15,19-20,22,24H,9,13,16-18,26H2,1-4H3;1-2H2/b11-8-,27-15?;. The molecule has 162 valence electrons. The molecule has 0 radical (unpaired) electrons. The van der Waals surface area contributed by atoms with E-state index in [1.54, 1.807) is 7.05 Å². The highest BCUT2D eigenvalue weighted by molar-refractivity contribution is 5.70. The van der Waals surface area contributed by atoms with Crippen molar-refractivity contribution in [1.29, 1.82) is 0 Å². The van der Waals surface area contributed by atoms with E-state index in [4.69, 9.17) is 5.73 Å². The van der Waals surface area contributed by atoms with Gasteiger partial charge in [-0.25, -0.2) is 0 Å². The molecule has 3 nitrogen and oxygen atoms in total. The van der Waals surface area contributed by atoms with Crippen LogP contribution in [0.2, 0.25) is 0 Å². The number of aliphatic imine (C=N–C) groups is 1. The zero-order valence-electron chi connectivity index (χ0n) is 19.3.